The lowest BCUT2D eigenvalue weighted by Gasteiger charge is -2.50. The Bertz CT molecular complexity index is 1590. The summed E-state index contributed by atoms with van der Waals surface area (Å²) in [7, 11) is -16.7. The van der Waals surface area contributed by atoms with Crippen molar-refractivity contribution >= 4 is 55.0 Å². The van der Waals surface area contributed by atoms with Crippen molar-refractivity contribution in [2.75, 3.05) is 0 Å². The number of halogens is 12. The van der Waals surface area contributed by atoms with Crippen molar-refractivity contribution in [3.63, 3.8) is 0 Å². The van der Waals surface area contributed by atoms with Gasteiger partial charge in [-0.1, -0.05) is 48.5 Å². The topological polar surface area (TPSA) is 36.9 Å². The Morgan fingerprint density at radius 1 is 0.288 bits per heavy atom. The molecule has 0 N–H and O–H groups in total. The van der Waals surface area contributed by atoms with Gasteiger partial charge in [0.05, 0.1) is 22.3 Å². The van der Waals surface area contributed by atoms with E-state index in [9.17, 15) is 52.7 Å². The Morgan fingerprint density at radius 2 is 0.423 bits per heavy atom. The summed E-state index contributed by atoms with van der Waals surface area (Å²) in [5, 5.41) is 0.403. The average Bonchev–Trinajstić information content (AvgIpc) is 3.02. The van der Waals surface area contributed by atoms with E-state index in [-0.39, 0.29) is 20.7 Å². The second-order valence-corrected chi connectivity index (χ2v) is 25.6. The molecule has 0 radical (unpaired) electrons. The number of hydrogen-bond donors (Lipinski definition) is 0. The quantitative estimate of drug-likeness (QED) is 0.155. The van der Waals surface area contributed by atoms with Gasteiger partial charge >= 0.3 is 58.9 Å². The van der Waals surface area contributed by atoms with Crippen LogP contribution < -0.4 is 20.7 Å². The summed E-state index contributed by atoms with van der Waals surface area (Å²) in [4.78, 5) is 0. The van der Waals surface area contributed by atoms with Gasteiger partial charge in [0.1, 0.15) is 0 Å². The SMILES string of the molecule is C[Si]1(c2ccc(C(F)(F)F)cc2)O[Si](C)(c2ccc(C(F)(F)F)cc2)O[Si](C)(c2ccc(C(F)(F)F)cc2)O[Si](C)(c2ccc(C(F)(F)F)cc2)O1. The summed E-state index contributed by atoms with van der Waals surface area (Å²) in [6.45, 7) is 5.76. The van der Waals surface area contributed by atoms with E-state index in [2.05, 4.69) is 0 Å². The minimum atomic E-state index is -4.72. The van der Waals surface area contributed by atoms with Crippen molar-refractivity contribution < 1.29 is 69.1 Å². The lowest BCUT2D eigenvalue weighted by molar-refractivity contribution is -0.138. The molecular formula is C32H28F12O4Si4. The van der Waals surface area contributed by atoms with Crippen molar-refractivity contribution in [3.8, 4) is 0 Å². The minimum absolute atomic E-state index is 0.101. The van der Waals surface area contributed by atoms with Crippen LogP contribution in [0.4, 0.5) is 52.7 Å². The molecule has 1 aliphatic rings. The molecule has 5 rings (SSSR count). The highest BCUT2D eigenvalue weighted by molar-refractivity contribution is 7.05. The maximum Gasteiger partial charge on any atom is 0.416 e. The fraction of sp³-hybridized carbons (Fsp3) is 0.250. The predicted molar refractivity (Wildman–Crippen MR) is 175 cm³/mol. The molecule has 4 nitrogen and oxygen atoms in total. The molecule has 0 unspecified atom stereocenters. The van der Waals surface area contributed by atoms with Crippen LogP contribution in [0.3, 0.4) is 0 Å². The Hall–Kier alpha value is -3.25. The van der Waals surface area contributed by atoms with E-state index in [0.717, 1.165) is 97.1 Å². The highest BCUT2D eigenvalue weighted by atomic mass is 28.5. The number of hydrogen-bond acceptors (Lipinski definition) is 4. The van der Waals surface area contributed by atoms with Gasteiger partial charge in [0.25, 0.3) is 0 Å². The first-order chi connectivity index (χ1) is 23.7. The van der Waals surface area contributed by atoms with Crippen LogP contribution in [0.5, 0.6) is 0 Å². The molecule has 1 aliphatic heterocycles. The zero-order valence-electron chi connectivity index (χ0n) is 27.4. The van der Waals surface area contributed by atoms with Crippen LogP contribution in [-0.2, 0) is 41.2 Å². The van der Waals surface area contributed by atoms with Crippen LogP contribution >= 0.6 is 0 Å². The molecule has 0 spiro atoms. The first-order valence-corrected chi connectivity index (χ1v) is 24.5. The van der Waals surface area contributed by atoms with Crippen molar-refractivity contribution in [3.05, 3.63) is 119 Å². The minimum Gasteiger partial charge on any atom is -0.409 e. The maximum absolute atomic E-state index is 13.5. The van der Waals surface area contributed by atoms with E-state index < -0.39 is 81.2 Å². The van der Waals surface area contributed by atoms with Gasteiger partial charge in [-0.2, -0.15) is 52.7 Å². The largest absolute Gasteiger partial charge is 0.416 e. The third-order valence-electron chi connectivity index (χ3n) is 8.50. The van der Waals surface area contributed by atoms with Crippen LogP contribution in [0.1, 0.15) is 22.3 Å². The van der Waals surface area contributed by atoms with Crippen molar-refractivity contribution in [2.45, 2.75) is 50.9 Å². The second-order valence-electron chi connectivity index (χ2n) is 12.5. The fourth-order valence-electron chi connectivity index (χ4n) is 5.89. The van der Waals surface area contributed by atoms with Gasteiger partial charge in [0.2, 0.25) is 0 Å². The van der Waals surface area contributed by atoms with Crippen LogP contribution in [-0.4, -0.2) is 34.2 Å². The predicted octanol–water partition coefficient (Wildman–Crippen LogP) is 8.06. The molecule has 0 bridgehead atoms. The standard InChI is InChI=1S/C32H28F12O4Si4/c1-49(25-13-5-21(6-14-25)29(33,34)35)45-50(2,26-15-7-22(8-16-26)30(36,37)38)47-52(4,28-19-11-24(12-20-28)32(42,43)44)48-51(3,46-49)27-17-9-23(10-18-27)31(39,40)41/h5-20H,1-4H3. The molecule has 280 valence electrons. The first-order valence-electron chi connectivity index (χ1n) is 15.2. The highest BCUT2D eigenvalue weighted by Gasteiger charge is 2.60. The van der Waals surface area contributed by atoms with E-state index in [0.29, 0.717) is 0 Å². The Kier molecular flexibility index (Phi) is 10.2. The fourth-order valence-corrected chi connectivity index (χ4v) is 26.8. The van der Waals surface area contributed by atoms with E-state index in [4.69, 9.17) is 16.5 Å². The van der Waals surface area contributed by atoms with E-state index in [1.54, 1.807) is 0 Å². The van der Waals surface area contributed by atoms with Gasteiger partial charge in [-0.15, -0.1) is 0 Å². The molecule has 0 amide bonds. The molecule has 4 aromatic rings. The molecule has 52 heavy (non-hydrogen) atoms. The number of rotatable bonds is 4. The summed E-state index contributed by atoms with van der Waals surface area (Å²) in [6.07, 6.45) is -18.9. The molecule has 0 aliphatic carbocycles. The smallest absolute Gasteiger partial charge is 0.409 e. The third-order valence-corrected chi connectivity index (χ3v) is 26.5. The van der Waals surface area contributed by atoms with Crippen molar-refractivity contribution in [1.29, 1.82) is 0 Å². The molecular weight excluding hydrogens is 789 g/mol. The number of benzene rings is 4. The van der Waals surface area contributed by atoms with Crippen LogP contribution in [0.2, 0.25) is 26.2 Å². The third kappa shape index (κ3) is 8.27. The van der Waals surface area contributed by atoms with Gasteiger partial charge in [-0.05, 0) is 95.5 Å². The Morgan fingerprint density at radius 3 is 0.538 bits per heavy atom. The molecule has 0 atom stereocenters. The monoisotopic (exact) mass is 816 g/mol. The normalized spacial score (nSPS) is 26.5. The van der Waals surface area contributed by atoms with Gasteiger partial charge < -0.3 is 16.5 Å². The maximum atomic E-state index is 13.5. The molecule has 1 heterocycles. The summed E-state index contributed by atoms with van der Waals surface area (Å²) in [5.41, 5.74) is -4.06. The lowest BCUT2D eigenvalue weighted by atomic mass is 10.2. The molecule has 4 aromatic carbocycles. The van der Waals surface area contributed by atoms with Gasteiger partial charge in [-0.3, -0.25) is 0 Å². The first kappa shape index (κ1) is 39.9. The zero-order chi connectivity index (χ0) is 38.8. The molecule has 1 saturated heterocycles. The van der Waals surface area contributed by atoms with Gasteiger partial charge in [0.15, 0.2) is 0 Å². The zero-order valence-corrected chi connectivity index (χ0v) is 31.4. The highest BCUT2D eigenvalue weighted by Crippen LogP contribution is 2.36. The van der Waals surface area contributed by atoms with E-state index in [1.807, 2.05) is 0 Å². The van der Waals surface area contributed by atoms with Crippen molar-refractivity contribution in [2.24, 2.45) is 0 Å². The second kappa shape index (κ2) is 13.2. The van der Waals surface area contributed by atoms with Gasteiger partial charge in [-0.25, -0.2) is 0 Å². The van der Waals surface area contributed by atoms with Crippen molar-refractivity contribution in [1.82, 2.24) is 0 Å². The summed E-state index contributed by atoms with van der Waals surface area (Å²) >= 11 is 0. The van der Waals surface area contributed by atoms with Crippen LogP contribution in [0.25, 0.3) is 0 Å². The van der Waals surface area contributed by atoms with Crippen LogP contribution in [0.15, 0.2) is 97.1 Å². The summed E-state index contributed by atoms with van der Waals surface area (Å²) < 4.78 is 190. The number of alkyl halides is 12. The van der Waals surface area contributed by atoms with E-state index >= 15 is 0 Å². The average molecular weight is 817 g/mol. The summed E-state index contributed by atoms with van der Waals surface area (Å²) in [5.74, 6) is 0. The molecule has 1 fully saturated rings. The summed E-state index contributed by atoms with van der Waals surface area (Å²) in [6, 6.07) is 15.0. The lowest BCUT2D eigenvalue weighted by Crippen LogP contribution is -2.77. The molecule has 0 saturated carbocycles. The van der Waals surface area contributed by atoms with Crippen LogP contribution in [0, 0.1) is 0 Å². The van der Waals surface area contributed by atoms with Gasteiger partial charge in [0, 0.05) is 0 Å². The van der Waals surface area contributed by atoms with E-state index in [1.165, 1.54) is 26.2 Å². The molecule has 0 aromatic heterocycles. The molecule has 20 heteroatoms. The Labute approximate surface area is 293 Å². The Balaban J connectivity index is 1.74.